The van der Waals surface area contributed by atoms with Crippen molar-refractivity contribution in [2.45, 2.75) is 31.3 Å². The van der Waals surface area contributed by atoms with E-state index in [9.17, 15) is 4.79 Å². The van der Waals surface area contributed by atoms with E-state index in [0.717, 1.165) is 24.1 Å². The van der Waals surface area contributed by atoms with Crippen LogP contribution in [0.25, 0.3) is 0 Å². The first kappa shape index (κ1) is 13.1. The number of tetrazole rings is 1. The molecule has 0 saturated heterocycles. The molecule has 22 heavy (non-hydrogen) atoms. The fourth-order valence-corrected chi connectivity index (χ4v) is 2.89. The smallest absolute Gasteiger partial charge is 0.251 e. The predicted octanol–water partition coefficient (Wildman–Crippen LogP) is -0.454. The lowest BCUT2D eigenvalue weighted by atomic mass is 10.1. The first-order valence-electron chi connectivity index (χ1n) is 7.15. The lowest BCUT2D eigenvalue weighted by Gasteiger charge is -2.31. The van der Waals surface area contributed by atoms with Crippen molar-refractivity contribution in [3.63, 3.8) is 0 Å². The Labute approximate surface area is 126 Å². The number of rotatable bonds is 3. The van der Waals surface area contributed by atoms with E-state index in [0.29, 0.717) is 25.4 Å². The molecular formula is C13H15N7O2. The maximum Gasteiger partial charge on any atom is 0.251 e. The summed E-state index contributed by atoms with van der Waals surface area (Å²) in [7, 11) is 1.55. The lowest BCUT2D eigenvalue weighted by molar-refractivity contribution is -0.137. The van der Waals surface area contributed by atoms with E-state index < -0.39 is 5.54 Å². The largest absolute Gasteiger partial charge is 0.480 e. The van der Waals surface area contributed by atoms with Crippen LogP contribution in [0, 0.1) is 0 Å². The molecule has 1 aliphatic carbocycles. The summed E-state index contributed by atoms with van der Waals surface area (Å²) in [6.07, 6.45) is 3.76. The summed E-state index contributed by atoms with van der Waals surface area (Å²) >= 11 is 0. The second-order valence-electron chi connectivity index (χ2n) is 5.62. The molecule has 0 radical (unpaired) electrons. The monoisotopic (exact) mass is 301 g/mol. The maximum absolute atomic E-state index is 12.9. The molecule has 2 aliphatic rings. The first-order chi connectivity index (χ1) is 10.7. The molecule has 0 N–H and O–H groups in total. The molecular weight excluding hydrogens is 286 g/mol. The highest BCUT2D eigenvalue weighted by molar-refractivity contribution is 5.87. The number of aromatic nitrogens is 6. The van der Waals surface area contributed by atoms with Gasteiger partial charge in [-0.05, 0) is 23.3 Å². The van der Waals surface area contributed by atoms with Crippen LogP contribution in [0.4, 0.5) is 0 Å². The normalized spacial score (nSPS) is 18.7. The third-order valence-electron chi connectivity index (χ3n) is 4.32. The van der Waals surface area contributed by atoms with Crippen LogP contribution in [0.1, 0.15) is 24.1 Å². The quantitative estimate of drug-likeness (QED) is 0.756. The van der Waals surface area contributed by atoms with Gasteiger partial charge in [-0.1, -0.05) is 0 Å². The van der Waals surface area contributed by atoms with Crippen molar-refractivity contribution in [2.75, 3.05) is 13.7 Å². The zero-order valence-corrected chi connectivity index (χ0v) is 12.1. The summed E-state index contributed by atoms with van der Waals surface area (Å²) in [6, 6.07) is 1.85. The van der Waals surface area contributed by atoms with E-state index in [1.807, 2.05) is 11.0 Å². The predicted molar refractivity (Wildman–Crippen MR) is 72.7 cm³/mol. The van der Waals surface area contributed by atoms with Gasteiger partial charge in [0.15, 0.2) is 0 Å². The Morgan fingerprint density at radius 2 is 2.23 bits per heavy atom. The highest BCUT2D eigenvalue weighted by atomic mass is 16.5. The van der Waals surface area contributed by atoms with Gasteiger partial charge in [0.1, 0.15) is 11.9 Å². The molecule has 1 amide bonds. The van der Waals surface area contributed by atoms with Crippen molar-refractivity contribution in [3.05, 3.63) is 23.7 Å². The topological polar surface area (TPSA) is 98.9 Å². The van der Waals surface area contributed by atoms with Gasteiger partial charge in [0.2, 0.25) is 5.88 Å². The summed E-state index contributed by atoms with van der Waals surface area (Å²) in [5, 5.41) is 19.3. The summed E-state index contributed by atoms with van der Waals surface area (Å²) in [5.41, 5.74) is 1.32. The fraction of sp³-hybridized carbons (Fsp3) is 0.538. The van der Waals surface area contributed by atoms with Crippen molar-refractivity contribution < 1.29 is 9.53 Å². The van der Waals surface area contributed by atoms with Crippen molar-refractivity contribution in [3.8, 4) is 5.88 Å². The Morgan fingerprint density at radius 3 is 2.91 bits per heavy atom. The Morgan fingerprint density at radius 1 is 1.36 bits per heavy atom. The van der Waals surface area contributed by atoms with Gasteiger partial charge in [0.05, 0.1) is 12.8 Å². The number of carbonyl (C=O) groups is 1. The summed E-state index contributed by atoms with van der Waals surface area (Å²) in [4.78, 5) is 14.7. The number of ether oxygens (including phenoxy) is 1. The van der Waals surface area contributed by atoms with Gasteiger partial charge in [0, 0.05) is 31.1 Å². The molecule has 114 valence electrons. The molecule has 2 aromatic heterocycles. The van der Waals surface area contributed by atoms with Gasteiger partial charge in [-0.15, -0.1) is 10.2 Å². The summed E-state index contributed by atoms with van der Waals surface area (Å²) in [5.74, 6) is 0.538. The number of amides is 1. The minimum absolute atomic E-state index is 0.0706. The SMILES string of the molecule is COc1cc2c(nn1)CCN(C(=O)C1(n3cnnn3)CC1)C2. The summed E-state index contributed by atoms with van der Waals surface area (Å²) < 4.78 is 6.69. The lowest BCUT2D eigenvalue weighted by Crippen LogP contribution is -2.45. The molecule has 1 saturated carbocycles. The number of carbonyl (C=O) groups excluding carboxylic acids is 1. The van der Waals surface area contributed by atoms with Crippen LogP contribution in [0.2, 0.25) is 0 Å². The van der Waals surface area contributed by atoms with Gasteiger partial charge in [-0.3, -0.25) is 4.79 Å². The highest BCUT2D eigenvalue weighted by Gasteiger charge is 2.55. The van der Waals surface area contributed by atoms with E-state index in [1.165, 1.54) is 6.33 Å². The Hall–Kier alpha value is -2.58. The Balaban J connectivity index is 1.58. The number of hydrogen-bond acceptors (Lipinski definition) is 7. The van der Waals surface area contributed by atoms with Gasteiger partial charge >= 0.3 is 0 Å². The van der Waals surface area contributed by atoms with Gasteiger partial charge in [-0.2, -0.15) is 5.10 Å². The van der Waals surface area contributed by atoms with E-state index in [4.69, 9.17) is 4.74 Å². The van der Waals surface area contributed by atoms with Crippen molar-refractivity contribution in [2.24, 2.45) is 0 Å². The second-order valence-corrected chi connectivity index (χ2v) is 5.62. The van der Waals surface area contributed by atoms with Gasteiger partial charge < -0.3 is 9.64 Å². The maximum atomic E-state index is 12.9. The number of fused-ring (bicyclic) bond motifs is 1. The van der Waals surface area contributed by atoms with Crippen LogP contribution in [0.5, 0.6) is 5.88 Å². The van der Waals surface area contributed by atoms with E-state index in [1.54, 1.807) is 11.8 Å². The molecule has 0 aromatic carbocycles. The molecule has 0 unspecified atom stereocenters. The average Bonchev–Trinajstić information content (AvgIpc) is 3.19. The molecule has 2 aromatic rings. The standard InChI is InChI=1S/C13H15N7O2/c1-22-11-6-9-7-19(5-2-10(9)15-16-11)12(21)13(3-4-13)20-8-14-17-18-20/h6,8H,2-5,7H2,1H3. The number of hydrogen-bond donors (Lipinski definition) is 0. The molecule has 0 bridgehead atoms. The molecule has 1 fully saturated rings. The van der Waals surface area contributed by atoms with Crippen LogP contribution in [-0.2, 0) is 23.3 Å². The second kappa shape index (κ2) is 4.72. The minimum Gasteiger partial charge on any atom is -0.480 e. The minimum atomic E-state index is -0.592. The van der Waals surface area contributed by atoms with Crippen LogP contribution >= 0.6 is 0 Å². The highest BCUT2D eigenvalue weighted by Crippen LogP contribution is 2.44. The summed E-state index contributed by atoms with van der Waals surface area (Å²) in [6.45, 7) is 1.15. The van der Waals surface area contributed by atoms with E-state index in [-0.39, 0.29) is 5.91 Å². The zero-order chi connectivity index (χ0) is 15.2. The number of methoxy groups -OCH3 is 1. The molecule has 9 nitrogen and oxygen atoms in total. The van der Waals surface area contributed by atoms with Crippen LogP contribution in [-0.4, -0.2) is 54.9 Å². The Bertz CT molecular complexity index is 711. The molecule has 4 rings (SSSR count). The first-order valence-corrected chi connectivity index (χ1v) is 7.15. The molecule has 1 aliphatic heterocycles. The van der Waals surface area contributed by atoms with Gasteiger partial charge in [0.25, 0.3) is 5.91 Å². The number of nitrogens with zero attached hydrogens (tertiary/aromatic N) is 7. The van der Waals surface area contributed by atoms with Crippen molar-refractivity contribution >= 4 is 5.91 Å². The van der Waals surface area contributed by atoms with Crippen LogP contribution in [0.15, 0.2) is 12.4 Å². The molecule has 0 spiro atoms. The van der Waals surface area contributed by atoms with Gasteiger partial charge in [-0.25, -0.2) is 4.68 Å². The van der Waals surface area contributed by atoms with Crippen LogP contribution < -0.4 is 4.74 Å². The Kier molecular flexibility index (Phi) is 2.81. The van der Waals surface area contributed by atoms with Crippen LogP contribution in [0.3, 0.4) is 0 Å². The molecule has 0 atom stereocenters. The van der Waals surface area contributed by atoms with E-state index >= 15 is 0 Å². The fourth-order valence-electron chi connectivity index (χ4n) is 2.89. The van der Waals surface area contributed by atoms with Crippen molar-refractivity contribution in [1.29, 1.82) is 0 Å². The van der Waals surface area contributed by atoms with Crippen molar-refractivity contribution in [1.82, 2.24) is 35.3 Å². The average molecular weight is 301 g/mol. The third-order valence-corrected chi connectivity index (χ3v) is 4.32. The zero-order valence-electron chi connectivity index (χ0n) is 12.1. The van der Waals surface area contributed by atoms with E-state index in [2.05, 4.69) is 25.7 Å². The molecule has 3 heterocycles. The third kappa shape index (κ3) is 1.92. The molecule has 9 heteroatoms.